The van der Waals surface area contributed by atoms with E-state index in [0.29, 0.717) is 35.2 Å². The molecular formula is C31H25ClFN5O6S. The van der Waals surface area contributed by atoms with E-state index in [9.17, 15) is 27.2 Å². The topological polar surface area (TPSA) is 135 Å². The van der Waals surface area contributed by atoms with Crippen molar-refractivity contribution in [1.29, 1.82) is 0 Å². The van der Waals surface area contributed by atoms with E-state index >= 15 is 0 Å². The first-order chi connectivity index (χ1) is 21.6. The molecule has 5 aromatic rings. The number of carbonyl (C=O) groups is 1. The van der Waals surface area contributed by atoms with Gasteiger partial charge in [-0.1, -0.05) is 35.9 Å². The fourth-order valence-electron chi connectivity index (χ4n) is 5.21. The molecule has 14 heteroatoms. The van der Waals surface area contributed by atoms with Crippen molar-refractivity contribution in [3.63, 3.8) is 0 Å². The number of aromatic amines is 1. The first-order valence-corrected chi connectivity index (χ1v) is 15.6. The number of benzene rings is 3. The summed E-state index contributed by atoms with van der Waals surface area (Å²) in [5, 5.41) is 1.33. The summed E-state index contributed by atoms with van der Waals surface area (Å²) in [6.45, 7) is 1.10. The Balaban J connectivity index is 1.18. The molecule has 2 aromatic heterocycles. The summed E-state index contributed by atoms with van der Waals surface area (Å²) in [6.07, 6.45) is 3.07. The van der Waals surface area contributed by atoms with Gasteiger partial charge in [0.05, 0.1) is 12.1 Å². The monoisotopic (exact) mass is 649 g/mol. The molecule has 6 rings (SSSR count). The van der Waals surface area contributed by atoms with Gasteiger partial charge in [-0.15, -0.1) is 0 Å². The van der Waals surface area contributed by atoms with Crippen molar-refractivity contribution >= 4 is 44.2 Å². The second kappa shape index (κ2) is 12.2. The summed E-state index contributed by atoms with van der Waals surface area (Å²) >= 11 is 5.81. The SMILES string of the molecule is O=C(c1ccc(Cl)cc1F)N1CCN(c2cc(=O)[nH]c(=O)n2Cc2ccc(OS(=O)(=O)c3cccc4cnccc34)cc2)CC1. The molecule has 3 aromatic carbocycles. The van der Waals surface area contributed by atoms with Crippen molar-refractivity contribution in [3.8, 4) is 5.75 Å². The molecule has 0 unspecified atom stereocenters. The molecule has 1 N–H and O–H groups in total. The highest BCUT2D eigenvalue weighted by molar-refractivity contribution is 7.87. The van der Waals surface area contributed by atoms with Gasteiger partial charge >= 0.3 is 15.8 Å². The van der Waals surface area contributed by atoms with Crippen LogP contribution in [0.3, 0.4) is 0 Å². The van der Waals surface area contributed by atoms with E-state index in [4.69, 9.17) is 15.8 Å². The van der Waals surface area contributed by atoms with Gasteiger partial charge in [-0.05, 0) is 48.0 Å². The van der Waals surface area contributed by atoms with Crippen molar-refractivity contribution < 1.29 is 21.8 Å². The molecule has 230 valence electrons. The van der Waals surface area contributed by atoms with Crippen molar-refractivity contribution in [2.75, 3.05) is 31.1 Å². The maximum atomic E-state index is 14.3. The number of anilines is 1. The predicted octanol–water partition coefficient (Wildman–Crippen LogP) is 3.66. The fourth-order valence-corrected chi connectivity index (χ4v) is 6.52. The zero-order chi connectivity index (χ0) is 31.7. The molecular weight excluding hydrogens is 625 g/mol. The summed E-state index contributed by atoms with van der Waals surface area (Å²) in [5.41, 5.74) is -0.660. The highest BCUT2D eigenvalue weighted by atomic mass is 35.5. The maximum absolute atomic E-state index is 14.3. The molecule has 45 heavy (non-hydrogen) atoms. The number of H-pyrrole nitrogens is 1. The van der Waals surface area contributed by atoms with E-state index < -0.39 is 33.1 Å². The molecule has 0 saturated carbocycles. The molecule has 1 aliphatic rings. The Morgan fingerprint density at radius 3 is 2.47 bits per heavy atom. The number of amides is 1. The number of piperazine rings is 1. The minimum Gasteiger partial charge on any atom is -0.379 e. The number of nitrogens with zero attached hydrogens (tertiary/aromatic N) is 4. The third kappa shape index (κ3) is 6.30. The minimum atomic E-state index is -4.16. The van der Waals surface area contributed by atoms with Gasteiger partial charge in [0, 0.05) is 60.4 Å². The molecule has 11 nitrogen and oxygen atoms in total. The van der Waals surface area contributed by atoms with E-state index in [1.807, 2.05) is 4.90 Å². The van der Waals surface area contributed by atoms with Crippen LogP contribution in [0.25, 0.3) is 10.8 Å². The average Bonchev–Trinajstić information content (AvgIpc) is 3.02. The number of rotatable bonds is 7. The summed E-state index contributed by atoms with van der Waals surface area (Å²) in [6, 6.07) is 17.8. The maximum Gasteiger partial charge on any atom is 0.339 e. The van der Waals surface area contributed by atoms with E-state index in [2.05, 4.69) is 9.97 Å². The zero-order valence-electron chi connectivity index (χ0n) is 23.5. The van der Waals surface area contributed by atoms with Crippen LogP contribution in [-0.4, -0.2) is 59.9 Å². The highest BCUT2D eigenvalue weighted by Crippen LogP contribution is 2.26. The van der Waals surface area contributed by atoms with Crippen LogP contribution in [0.5, 0.6) is 5.75 Å². The third-order valence-corrected chi connectivity index (χ3v) is 8.99. The third-order valence-electron chi connectivity index (χ3n) is 7.44. The molecule has 1 amide bonds. The van der Waals surface area contributed by atoms with Gasteiger partial charge in [0.1, 0.15) is 22.3 Å². The van der Waals surface area contributed by atoms with Crippen molar-refractivity contribution in [3.05, 3.63) is 128 Å². The summed E-state index contributed by atoms with van der Waals surface area (Å²) in [7, 11) is -4.16. The van der Waals surface area contributed by atoms with Crippen LogP contribution in [0.2, 0.25) is 5.02 Å². The molecule has 1 saturated heterocycles. The highest BCUT2D eigenvalue weighted by Gasteiger charge is 2.26. The number of nitrogens with one attached hydrogen (secondary N) is 1. The second-order valence-electron chi connectivity index (χ2n) is 10.3. The van der Waals surface area contributed by atoms with Crippen LogP contribution < -0.4 is 20.3 Å². The Morgan fingerprint density at radius 2 is 1.73 bits per heavy atom. The van der Waals surface area contributed by atoms with Crippen LogP contribution in [0.4, 0.5) is 10.2 Å². The Bertz CT molecular complexity index is 2140. The van der Waals surface area contributed by atoms with Gasteiger partial charge < -0.3 is 14.0 Å². The van der Waals surface area contributed by atoms with Crippen molar-refractivity contribution in [2.24, 2.45) is 0 Å². The molecule has 0 bridgehead atoms. The van der Waals surface area contributed by atoms with Gasteiger partial charge in [-0.2, -0.15) is 8.42 Å². The molecule has 0 radical (unpaired) electrons. The second-order valence-corrected chi connectivity index (χ2v) is 12.3. The normalized spacial score (nSPS) is 13.6. The first kappa shape index (κ1) is 30.0. The molecule has 1 aliphatic heterocycles. The van der Waals surface area contributed by atoms with Crippen LogP contribution in [0.1, 0.15) is 15.9 Å². The molecule has 1 fully saturated rings. The van der Waals surface area contributed by atoms with Gasteiger partial charge in [0.25, 0.3) is 11.5 Å². The van der Waals surface area contributed by atoms with E-state index in [1.165, 1.54) is 52.1 Å². The number of aromatic nitrogens is 3. The predicted molar refractivity (Wildman–Crippen MR) is 166 cm³/mol. The fraction of sp³-hybridized carbons (Fsp3) is 0.161. The quantitative estimate of drug-likeness (QED) is 0.264. The lowest BCUT2D eigenvalue weighted by Crippen LogP contribution is -2.50. The van der Waals surface area contributed by atoms with Gasteiger partial charge in [0.2, 0.25) is 0 Å². The van der Waals surface area contributed by atoms with E-state index in [0.717, 1.165) is 6.07 Å². The molecule has 3 heterocycles. The lowest BCUT2D eigenvalue weighted by atomic mass is 10.1. The Labute approximate surface area is 261 Å². The van der Waals surface area contributed by atoms with Crippen molar-refractivity contribution in [1.82, 2.24) is 19.4 Å². The smallest absolute Gasteiger partial charge is 0.339 e. The van der Waals surface area contributed by atoms with Crippen LogP contribution in [-0.2, 0) is 16.7 Å². The number of fused-ring (bicyclic) bond motifs is 1. The molecule has 0 aliphatic carbocycles. The molecule has 0 atom stereocenters. The summed E-state index contributed by atoms with van der Waals surface area (Å²) in [5.74, 6) is -0.758. The molecule has 0 spiro atoms. The zero-order valence-corrected chi connectivity index (χ0v) is 25.1. The van der Waals surface area contributed by atoms with E-state index in [-0.39, 0.29) is 40.9 Å². The lowest BCUT2D eigenvalue weighted by molar-refractivity contribution is 0.0741. The van der Waals surface area contributed by atoms with E-state index in [1.54, 1.807) is 36.5 Å². The van der Waals surface area contributed by atoms with Gasteiger partial charge in [0.15, 0.2) is 0 Å². The number of pyridine rings is 1. The average molecular weight is 650 g/mol. The van der Waals surface area contributed by atoms with Crippen LogP contribution in [0.15, 0.2) is 99.7 Å². The lowest BCUT2D eigenvalue weighted by Gasteiger charge is -2.36. The summed E-state index contributed by atoms with van der Waals surface area (Å²) in [4.78, 5) is 47.7. The van der Waals surface area contributed by atoms with Gasteiger partial charge in [-0.3, -0.25) is 24.1 Å². The largest absolute Gasteiger partial charge is 0.379 e. The Kier molecular flexibility index (Phi) is 8.12. The number of carbonyl (C=O) groups excluding carboxylic acids is 1. The number of hydrogen-bond donors (Lipinski definition) is 1. The first-order valence-electron chi connectivity index (χ1n) is 13.8. The van der Waals surface area contributed by atoms with Gasteiger partial charge in [-0.25, -0.2) is 9.18 Å². The summed E-state index contributed by atoms with van der Waals surface area (Å²) < 4.78 is 47.3. The number of halogens is 2. The number of hydrogen-bond acceptors (Lipinski definition) is 8. The van der Waals surface area contributed by atoms with Crippen LogP contribution >= 0.6 is 11.6 Å². The minimum absolute atomic E-state index is 0.0102. The Morgan fingerprint density at radius 1 is 0.978 bits per heavy atom. The standard InChI is InChI=1S/C31H25ClFN5O6S/c32-22-6-9-25(26(33)16-22)30(40)37-14-12-36(13-15-37)29-17-28(39)35-31(41)38(29)19-20-4-7-23(8-5-20)44-45(42,43)27-3-1-2-21-18-34-11-10-24(21)27/h1-11,16-18H,12-15,19H2,(H,35,39,41). The Hall–Kier alpha value is -5.01. The van der Waals surface area contributed by atoms with Crippen LogP contribution in [0, 0.1) is 5.82 Å². The van der Waals surface area contributed by atoms with Crippen molar-refractivity contribution in [2.45, 2.75) is 11.4 Å².